The van der Waals surface area contributed by atoms with Crippen molar-refractivity contribution in [2.75, 3.05) is 13.1 Å². The zero-order valence-electron chi connectivity index (χ0n) is 10.6. The molecular weight excluding hydrogens is 296 g/mol. The van der Waals surface area contributed by atoms with Gasteiger partial charge < -0.3 is 16.2 Å². The molecule has 0 amide bonds. The van der Waals surface area contributed by atoms with Gasteiger partial charge in [-0.2, -0.15) is 4.39 Å². The molecule has 0 aromatic carbocycles. The second-order valence-electron chi connectivity index (χ2n) is 4.66. The third kappa shape index (κ3) is 9.15. The lowest BCUT2D eigenvalue weighted by atomic mass is 9.95. The molecule has 0 aromatic heterocycles. The van der Waals surface area contributed by atoms with Crippen LogP contribution >= 0.6 is 24.8 Å². The molecule has 5 nitrogen and oxygen atoms in total. The maximum absolute atomic E-state index is 12.2. The Morgan fingerprint density at radius 3 is 2.42 bits per heavy atom. The highest BCUT2D eigenvalue weighted by Gasteiger charge is 2.31. The average Bonchev–Trinajstić information content (AvgIpc) is 3.05. The van der Waals surface area contributed by atoms with E-state index in [1.165, 1.54) is 0 Å². The first-order chi connectivity index (χ1) is 8.00. The van der Waals surface area contributed by atoms with Crippen LogP contribution in [0.4, 0.5) is 4.39 Å². The molecule has 0 aromatic rings. The highest BCUT2D eigenvalue weighted by molar-refractivity contribution is 5.85. The van der Waals surface area contributed by atoms with Gasteiger partial charge in [0.1, 0.15) is 6.04 Å². The first kappa shape index (κ1) is 20.9. The van der Waals surface area contributed by atoms with Gasteiger partial charge in [0, 0.05) is 0 Å². The van der Waals surface area contributed by atoms with Gasteiger partial charge in [-0.3, -0.25) is 10.2 Å². The topological polar surface area (TPSA) is 99.2 Å². The normalized spacial score (nSPS) is 16.7. The Labute approximate surface area is 124 Å². The molecule has 19 heavy (non-hydrogen) atoms. The van der Waals surface area contributed by atoms with Crippen LogP contribution in [0.2, 0.25) is 0 Å². The number of nitrogens with two attached hydrogens (primary N) is 1. The lowest BCUT2D eigenvalue weighted by Gasteiger charge is -2.17. The third-order valence-electron chi connectivity index (χ3n) is 3.14. The van der Waals surface area contributed by atoms with Crippen LogP contribution in [0.5, 0.6) is 0 Å². The Morgan fingerprint density at radius 2 is 2.00 bits per heavy atom. The minimum Gasteiger partial charge on any atom is -0.480 e. The van der Waals surface area contributed by atoms with Crippen LogP contribution in [-0.2, 0) is 4.79 Å². The van der Waals surface area contributed by atoms with Gasteiger partial charge in [0.15, 0.2) is 5.97 Å². The van der Waals surface area contributed by atoms with Crippen molar-refractivity contribution < 1.29 is 14.3 Å². The predicted octanol–water partition coefficient (Wildman–Crippen LogP) is 1.58. The van der Waals surface area contributed by atoms with Gasteiger partial charge in [-0.05, 0) is 44.1 Å². The van der Waals surface area contributed by atoms with Gasteiger partial charge in [-0.25, -0.2) is 0 Å². The maximum atomic E-state index is 12.2. The number of hydrogen-bond acceptors (Lipinski definition) is 4. The molecule has 8 heteroatoms. The number of hydrogen-bond donors (Lipinski definition) is 4. The summed E-state index contributed by atoms with van der Waals surface area (Å²) in [5.74, 6) is -0.892. The molecule has 1 saturated carbocycles. The van der Waals surface area contributed by atoms with Crippen LogP contribution in [0.1, 0.15) is 25.7 Å². The summed E-state index contributed by atoms with van der Waals surface area (Å²) in [6, 6.07) is -0.810. The van der Waals surface area contributed by atoms with E-state index in [-0.39, 0.29) is 31.4 Å². The van der Waals surface area contributed by atoms with Crippen LogP contribution < -0.4 is 11.1 Å². The maximum Gasteiger partial charge on any atom is 0.320 e. The van der Waals surface area contributed by atoms with Crippen molar-refractivity contribution in [3.05, 3.63) is 0 Å². The van der Waals surface area contributed by atoms with E-state index in [0.717, 1.165) is 19.3 Å². The summed E-state index contributed by atoms with van der Waals surface area (Å²) in [4.78, 5) is 10.6. The number of rotatable bonds is 9. The Balaban J connectivity index is 0. The van der Waals surface area contributed by atoms with E-state index in [2.05, 4.69) is 5.32 Å². The van der Waals surface area contributed by atoms with Crippen molar-refractivity contribution in [3.63, 3.8) is 0 Å². The van der Waals surface area contributed by atoms with E-state index < -0.39 is 18.0 Å². The molecule has 1 aliphatic carbocycles. The van der Waals surface area contributed by atoms with Gasteiger partial charge in [0.25, 0.3) is 0 Å². The number of carboxylic acid groups (broad SMARTS) is 1. The number of carboxylic acids is 1. The molecule has 0 spiro atoms. The molecule has 1 fully saturated rings. The summed E-state index contributed by atoms with van der Waals surface area (Å²) in [5, 5.41) is 18.2. The summed E-state index contributed by atoms with van der Waals surface area (Å²) in [7, 11) is 0. The van der Waals surface area contributed by atoms with Crippen molar-refractivity contribution in [2.24, 2.45) is 17.6 Å². The summed E-state index contributed by atoms with van der Waals surface area (Å²) in [5.41, 5.74) is 5.45. The highest BCUT2D eigenvalue weighted by atomic mass is 35.5. The zero-order chi connectivity index (χ0) is 12.8. The Bertz CT molecular complexity index is 291. The van der Waals surface area contributed by atoms with Gasteiger partial charge in [-0.1, -0.05) is 0 Å². The van der Waals surface area contributed by atoms with Crippen LogP contribution in [-0.4, -0.2) is 36.2 Å². The minimum atomic E-state index is -0.974. The van der Waals surface area contributed by atoms with Gasteiger partial charge in [0.2, 0.25) is 0 Å². The number of nitrogens with one attached hydrogen (secondary N) is 2. The van der Waals surface area contributed by atoms with Gasteiger partial charge in [-0.15, -0.1) is 24.8 Å². The Hall–Kier alpha value is -0.430. The number of carbonyl (C=O) groups is 1. The molecule has 0 radical (unpaired) electrons. The largest absolute Gasteiger partial charge is 0.480 e. The lowest BCUT2D eigenvalue weighted by Crippen LogP contribution is -2.33. The van der Waals surface area contributed by atoms with Crippen molar-refractivity contribution in [1.82, 2.24) is 5.32 Å². The van der Waals surface area contributed by atoms with E-state index in [1.807, 2.05) is 0 Å². The quantitative estimate of drug-likeness (QED) is 0.485. The van der Waals surface area contributed by atoms with Gasteiger partial charge in [0.05, 0.1) is 6.54 Å². The molecule has 0 bridgehead atoms. The molecule has 2 atom stereocenters. The van der Waals surface area contributed by atoms with Crippen molar-refractivity contribution in [1.29, 1.82) is 5.41 Å². The van der Waals surface area contributed by atoms with E-state index in [4.69, 9.17) is 16.2 Å². The van der Waals surface area contributed by atoms with Crippen LogP contribution in [0, 0.1) is 17.2 Å². The van der Waals surface area contributed by atoms with E-state index >= 15 is 0 Å². The monoisotopic (exact) mass is 317 g/mol. The van der Waals surface area contributed by atoms with Crippen LogP contribution in [0.3, 0.4) is 0 Å². The second kappa shape index (κ2) is 10.4. The molecule has 0 saturated heterocycles. The minimum absolute atomic E-state index is 0. The number of aliphatic carboxylic acids is 1. The SMILES string of the molecule is Cl.Cl.N=C(F)CNCC(CCC(N)C(=O)O)C1CC1. The predicted molar refractivity (Wildman–Crippen MR) is 77.3 cm³/mol. The summed E-state index contributed by atoms with van der Waals surface area (Å²) >= 11 is 0. The summed E-state index contributed by atoms with van der Waals surface area (Å²) in [6.07, 6.45) is 3.50. The van der Waals surface area contributed by atoms with Crippen molar-refractivity contribution >= 4 is 36.7 Å². The van der Waals surface area contributed by atoms with Crippen LogP contribution in [0.15, 0.2) is 0 Å². The smallest absolute Gasteiger partial charge is 0.320 e. The van der Waals surface area contributed by atoms with E-state index in [0.29, 0.717) is 24.8 Å². The molecule has 0 heterocycles. The van der Waals surface area contributed by atoms with Crippen molar-refractivity contribution in [3.8, 4) is 0 Å². The number of halogens is 3. The molecule has 114 valence electrons. The molecule has 0 aliphatic heterocycles. The lowest BCUT2D eigenvalue weighted by molar-refractivity contribution is -0.138. The Kier molecular flexibility index (Phi) is 11.4. The average molecular weight is 318 g/mol. The Morgan fingerprint density at radius 1 is 1.42 bits per heavy atom. The van der Waals surface area contributed by atoms with Crippen LogP contribution in [0.25, 0.3) is 0 Å². The highest BCUT2D eigenvalue weighted by Crippen LogP contribution is 2.38. The molecule has 1 rings (SSSR count). The zero-order valence-corrected chi connectivity index (χ0v) is 12.2. The van der Waals surface area contributed by atoms with E-state index in [1.54, 1.807) is 0 Å². The fourth-order valence-corrected chi connectivity index (χ4v) is 1.96. The third-order valence-corrected chi connectivity index (χ3v) is 3.14. The second-order valence-corrected chi connectivity index (χ2v) is 4.66. The fraction of sp³-hybridized carbons (Fsp3) is 0.818. The molecule has 1 aliphatic rings. The van der Waals surface area contributed by atoms with Crippen molar-refractivity contribution in [2.45, 2.75) is 31.7 Å². The first-order valence-electron chi connectivity index (χ1n) is 5.92. The fourth-order valence-electron chi connectivity index (χ4n) is 1.96. The first-order valence-corrected chi connectivity index (χ1v) is 5.92. The van der Waals surface area contributed by atoms with Gasteiger partial charge >= 0.3 is 5.97 Å². The summed E-state index contributed by atoms with van der Waals surface area (Å²) < 4.78 is 12.2. The molecule has 5 N–H and O–H groups in total. The molecular formula is C11H22Cl2FN3O2. The van der Waals surface area contributed by atoms with E-state index in [9.17, 15) is 9.18 Å². The standard InChI is InChI=1S/C11H20FN3O2.2ClH/c12-10(14)6-15-5-8(7-1-2-7)3-4-9(13)11(16)17;;/h7-9,14-15H,1-6,13H2,(H,16,17);2*1H. The summed E-state index contributed by atoms with van der Waals surface area (Å²) in [6.45, 7) is 0.581. The molecule has 2 unspecified atom stereocenters.